The number of ketones is 1. The first-order valence-corrected chi connectivity index (χ1v) is 4.67. The van der Waals surface area contributed by atoms with Gasteiger partial charge in [-0.25, -0.2) is 4.39 Å². The summed E-state index contributed by atoms with van der Waals surface area (Å²) in [6.45, 7) is 1.55. The Kier molecular flexibility index (Phi) is 3.74. The lowest BCUT2D eigenvalue weighted by molar-refractivity contribution is 0.0976. The van der Waals surface area contributed by atoms with E-state index in [-0.39, 0.29) is 18.0 Å². The summed E-state index contributed by atoms with van der Waals surface area (Å²) in [4.78, 5) is 11.6. The lowest BCUT2D eigenvalue weighted by atomic mass is 9.99. The lowest BCUT2D eigenvalue weighted by Gasteiger charge is -2.02. The van der Waals surface area contributed by atoms with Gasteiger partial charge in [0.05, 0.1) is 12.1 Å². The summed E-state index contributed by atoms with van der Waals surface area (Å²) in [6, 6.07) is 7.43. The Hall–Kier alpha value is -2.20. The summed E-state index contributed by atoms with van der Waals surface area (Å²) in [7, 11) is 0. The molecule has 0 bridgehead atoms. The maximum atomic E-state index is 12.9. The maximum Gasteiger partial charge on any atom is 0.165 e. The van der Waals surface area contributed by atoms with E-state index in [4.69, 9.17) is 10.5 Å². The van der Waals surface area contributed by atoms with Crippen molar-refractivity contribution < 1.29 is 9.18 Å². The molecule has 0 saturated heterocycles. The minimum atomic E-state index is -0.946. The zero-order valence-corrected chi connectivity index (χ0v) is 8.70. The Morgan fingerprint density at radius 3 is 2.56 bits per heavy atom. The van der Waals surface area contributed by atoms with Crippen molar-refractivity contribution in [2.24, 2.45) is 5.92 Å². The van der Waals surface area contributed by atoms with E-state index in [1.807, 2.05) is 0 Å². The predicted octanol–water partition coefficient (Wildman–Crippen LogP) is 2.37. The summed E-state index contributed by atoms with van der Waals surface area (Å²) >= 11 is 0. The molecule has 0 aliphatic heterocycles. The molecule has 1 rings (SSSR count). The molecule has 0 atom stereocenters. The van der Waals surface area contributed by atoms with Crippen LogP contribution < -0.4 is 0 Å². The van der Waals surface area contributed by atoms with Crippen LogP contribution in [0.25, 0.3) is 0 Å². The van der Waals surface area contributed by atoms with Crippen molar-refractivity contribution in [1.29, 1.82) is 10.5 Å². The van der Waals surface area contributed by atoms with Crippen LogP contribution in [0, 0.1) is 41.3 Å². The van der Waals surface area contributed by atoms with Crippen molar-refractivity contribution in [2.45, 2.75) is 13.3 Å². The third-order valence-electron chi connectivity index (χ3n) is 2.18. The van der Waals surface area contributed by atoms with E-state index in [2.05, 4.69) is 0 Å². The molecule has 1 aromatic rings. The third kappa shape index (κ3) is 2.65. The van der Waals surface area contributed by atoms with Crippen LogP contribution in [0.15, 0.2) is 18.2 Å². The van der Waals surface area contributed by atoms with E-state index >= 15 is 0 Å². The van der Waals surface area contributed by atoms with Crippen molar-refractivity contribution >= 4 is 5.78 Å². The van der Waals surface area contributed by atoms with Crippen LogP contribution in [0.5, 0.6) is 0 Å². The molecule has 0 heterocycles. The van der Waals surface area contributed by atoms with Gasteiger partial charge in [-0.05, 0) is 30.7 Å². The number of halogens is 1. The number of rotatable bonds is 3. The van der Waals surface area contributed by atoms with Crippen LogP contribution >= 0.6 is 0 Å². The second-order valence-electron chi connectivity index (χ2n) is 3.40. The van der Waals surface area contributed by atoms with Gasteiger partial charge in [-0.3, -0.25) is 4.79 Å². The second-order valence-corrected chi connectivity index (χ2v) is 3.40. The number of hydrogen-bond acceptors (Lipinski definition) is 3. The molecule has 4 heteroatoms. The largest absolute Gasteiger partial charge is 0.294 e. The number of aryl methyl sites for hydroxylation is 1. The number of Topliss-reactive ketones (excluding diaryl/α,β-unsaturated/α-hetero) is 1. The molecule has 80 valence electrons. The first-order valence-electron chi connectivity index (χ1n) is 4.67. The fourth-order valence-corrected chi connectivity index (χ4v) is 1.24. The summed E-state index contributed by atoms with van der Waals surface area (Å²) in [6.07, 6.45) is -0.155. The van der Waals surface area contributed by atoms with E-state index in [9.17, 15) is 9.18 Å². The number of benzene rings is 1. The predicted molar refractivity (Wildman–Crippen MR) is 54.8 cm³/mol. The highest BCUT2D eigenvalue weighted by molar-refractivity contribution is 5.96. The van der Waals surface area contributed by atoms with E-state index in [0.717, 1.165) is 0 Å². The summed E-state index contributed by atoms with van der Waals surface area (Å²) in [5.74, 6) is -1.65. The number of nitriles is 2. The Morgan fingerprint density at radius 1 is 1.44 bits per heavy atom. The van der Waals surface area contributed by atoms with Crippen LogP contribution in [0.1, 0.15) is 22.3 Å². The monoisotopic (exact) mass is 216 g/mol. The van der Waals surface area contributed by atoms with Gasteiger partial charge in [0.2, 0.25) is 0 Å². The molecule has 0 amide bonds. The fourth-order valence-electron chi connectivity index (χ4n) is 1.24. The van der Waals surface area contributed by atoms with E-state index in [1.165, 1.54) is 18.2 Å². The fraction of sp³-hybridized carbons (Fsp3) is 0.250. The highest BCUT2D eigenvalue weighted by atomic mass is 19.1. The highest BCUT2D eigenvalue weighted by Gasteiger charge is 2.14. The van der Waals surface area contributed by atoms with Crippen molar-refractivity contribution in [3.05, 3.63) is 35.1 Å². The average Bonchev–Trinajstić information content (AvgIpc) is 2.29. The Labute approximate surface area is 92.7 Å². The molecule has 0 fully saturated rings. The Bertz CT molecular complexity index is 483. The standard InChI is InChI=1S/C12H9FN2O/c1-8-4-10(2-3-11(8)13)12(16)5-9(6-14)7-15/h2-4,9H,5H2,1H3. The Balaban J connectivity index is 2.87. The minimum Gasteiger partial charge on any atom is -0.294 e. The first kappa shape index (κ1) is 11.9. The van der Waals surface area contributed by atoms with Crippen LogP contribution in [0.4, 0.5) is 4.39 Å². The molecule has 0 radical (unpaired) electrons. The number of hydrogen-bond donors (Lipinski definition) is 0. The van der Waals surface area contributed by atoms with Gasteiger partial charge in [0.25, 0.3) is 0 Å². The zero-order valence-electron chi connectivity index (χ0n) is 8.70. The molecular weight excluding hydrogens is 207 g/mol. The molecule has 0 aliphatic rings. The maximum absolute atomic E-state index is 12.9. The van der Waals surface area contributed by atoms with Gasteiger partial charge in [0.1, 0.15) is 11.7 Å². The van der Waals surface area contributed by atoms with Crippen LogP contribution in [0.2, 0.25) is 0 Å². The van der Waals surface area contributed by atoms with E-state index in [1.54, 1.807) is 19.1 Å². The van der Waals surface area contributed by atoms with Gasteiger partial charge in [-0.1, -0.05) is 0 Å². The molecule has 1 aromatic carbocycles. The molecule has 0 unspecified atom stereocenters. The zero-order chi connectivity index (χ0) is 12.1. The molecule has 16 heavy (non-hydrogen) atoms. The van der Waals surface area contributed by atoms with Crippen molar-refractivity contribution in [3.8, 4) is 12.1 Å². The molecular formula is C12H9FN2O. The van der Waals surface area contributed by atoms with Gasteiger partial charge in [-0.2, -0.15) is 10.5 Å². The van der Waals surface area contributed by atoms with Crippen LogP contribution in [-0.4, -0.2) is 5.78 Å². The SMILES string of the molecule is Cc1cc(C(=O)CC(C#N)C#N)ccc1F. The van der Waals surface area contributed by atoms with Crippen molar-refractivity contribution in [3.63, 3.8) is 0 Å². The molecule has 3 nitrogen and oxygen atoms in total. The van der Waals surface area contributed by atoms with Crippen LogP contribution in [0.3, 0.4) is 0 Å². The van der Waals surface area contributed by atoms with E-state index < -0.39 is 5.92 Å². The van der Waals surface area contributed by atoms with Gasteiger partial charge in [0, 0.05) is 12.0 Å². The Morgan fingerprint density at radius 2 is 2.06 bits per heavy atom. The number of nitrogens with zero attached hydrogens (tertiary/aromatic N) is 2. The summed E-state index contributed by atoms with van der Waals surface area (Å²) in [5.41, 5.74) is 0.700. The average molecular weight is 216 g/mol. The summed E-state index contributed by atoms with van der Waals surface area (Å²) < 4.78 is 12.9. The first-order chi connectivity index (χ1) is 7.58. The highest BCUT2D eigenvalue weighted by Crippen LogP contribution is 2.13. The van der Waals surface area contributed by atoms with Gasteiger partial charge < -0.3 is 0 Å². The second kappa shape index (κ2) is 5.04. The molecule has 0 N–H and O–H groups in total. The van der Waals surface area contributed by atoms with Crippen LogP contribution in [-0.2, 0) is 0 Å². The third-order valence-corrected chi connectivity index (χ3v) is 2.18. The van der Waals surface area contributed by atoms with Gasteiger partial charge in [0.15, 0.2) is 5.78 Å². The minimum absolute atomic E-state index is 0.155. The number of carbonyl (C=O) groups is 1. The quantitative estimate of drug-likeness (QED) is 0.728. The van der Waals surface area contributed by atoms with E-state index in [0.29, 0.717) is 11.1 Å². The topological polar surface area (TPSA) is 64.7 Å². The summed E-state index contributed by atoms with van der Waals surface area (Å²) in [5, 5.41) is 17.1. The molecule has 0 saturated carbocycles. The van der Waals surface area contributed by atoms with Crippen molar-refractivity contribution in [2.75, 3.05) is 0 Å². The lowest BCUT2D eigenvalue weighted by Crippen LogP contribution is -2.06. The van der Waals surface area contributed by atoms with Crippen molar-refractivity contribution in [1.82, 2.24) is 0 Å². The molecule has 0 aromatic heterocycles. The van der Waals surface area contributed by atoms with Gasteiger partial charge in [-0.15, -0.1) is 0 Å². The molecule has 0 aliphatic carbocycles. The van der Waals surface area contributed by atoms with Gasteiger partial charge >= 0.3 is 0 Å². The molecule has 0 spiro atoms. The smallest absolute Gasteiger partial charge is 0.165 e. The number of carbonyl (C=O) groups excluding carboxylic acids is 1. The normalized spacial score (nSPS) is 9.56.